The molecule has 3 rings (SSSR count). The van der Waals surface area contributed by atoms with Crippen LogP contribution < -0.4 is 5.32 Å². The van der Waals surface area contributed by atoms with Crippen molar-refractivity contribution < 1.29 is 0 Å². The van der Waals surface area contributed by atoms with E-state index in [0.29, 0.717) is 0 Å². The molecule has 0 radical (unpaired) electrons. The summed E-state index contributed by atoms with van der Waals surface area (Å²) in [7, 11) is 0. The van der Waals surface area contributed by atoms with Gasteiger partial charge in [0.25, 0.3) is 0 Å². The molecule has 0 amide bonds. The third-order valence-electron chi connectivity index (χ3n) is 3.06. The third-order valence-corrected chi connectivity index (χ3v) is 3.81. The fraction of sp³-hybridized carbons (Fsp3) is 0.308. The standard InChI is InChI=1S/C13H14BrN3/c1-9-3-5-10(6-4-9)12-11(14)13-15-7-2-8-17(13)16-12/h3-6,15H,2,7-8H2,1H3. The molecule has 1 aromatic carbocycles. The van der Waals surface area contributed by atoms with Crippen molar-refractivity contribution in [2.75, 3.05) is 11.9 Å². The summed E-state index contributed by atoms with van der Waals surface area (Å²) in [5.41, 5.74) is 3.45. The molecule has 17 heavy (non-hydrogen) atoms. The normalized spacial score (nSPS) is 14.2. The summed E-state index contributed by atoms with van der Waals surface area (Å²) in [6.07, 6.45) is 1.13. The van der Waals surface area contributed by atoms with Crippen LogP contribution in [0.25, 0.3) is 11.3 Å². The van der Waals surface area contributed by atoms with Crippen molar-refractivity contribution in [3.05, 3.63) is 34.3 Å². The SMILES string of the molecule is Cc1ccc(-c2nn3c(c2Br)NCCC3)cc1. The van der Waals surface area contributed by atoms with Gasteiger partial charge in [-0.2, -0.15) is 5.10 Å². The van der Waals surface area contributed by atoms with E-state index in [1.165, 1.54) is 5.56 Å². The van der Waals surface area contributed by atoms with Crippen LogP contribution in [0.2, 0.25) is 0 Å². The highest BCUT2D eigenvalue weighted by Crippen LogP contribution is 2.35. The van der Waals surface area contributed by atoms with Crippen molar-refractivity contribution >= 4 is 21.7 Å². The zero-order valence-electron chi connectivity index (χ0n) is 9.70. The second-order valence-electron chi connectivity index (χ2n) is 4.38. The molecule has 0 saturated heterocycles. The van der Waals surface area contributed by atoms with Crippen LogP contribution >= 0.6 is 15.9 Å². The van der Waals surface area contributed by atoms with Gasteiger partial charge in [-0.3, -0.25) is 0 Å². The van der Waals surface area contributed by atoms with Gasteiger partial charge in [0.05, 0.1) is 4.47 Å². The Bertz CT molecular complexity index is 543. The van der Waals surface area contributed by atoms with E-state index >= 15 is 0 Å². The fourth-order valence-electron chi connectivity index (χ4n) is 2.10. The van der Waals surface area contributed by atoms with Crippen LogP contribution in [-0.2, 0) is 6.54 Å². The molecule has 3 nitrogen and oxygen atoms in total. The molecule has 0 unspecified atom stereocenters. The highest BCUT2D eigenvalue weighted by Gasteiger charge is 2.18. The monoisotopic (exact) mass is 291 g/mol. The van der Waals surface area contributed by atoms with Crippen molar-refractivity contribution in [3.63, 3.8) is 0 Å². The van der Waals surface area contributed by atoms with Crippen LogP contribution in [0.5, 0.6) is 0 Å². The average Bonchev–Trinajstić information content (AvgIpc) is 2.69. The number of hydrogen-bond acceptors (Lipinski definition) is 2. The van der Waals surface area contributed by atoms with Crippen molar-refractivity contribution in [2.45, 2.75) is 19.9 Å². The van der Waals surface area contributed by atoms with Crippen LogP contribution in [-0.4, -0.2) is 16.3 Å². The van der Waals surface area contributed by atoms with Crippen LogP contribution in [0.1, 0.15) is 12.0 Å². The van der Waals surface area contributed by atoms with Gasteiger partial charge in [-0.25, -0.2) is 4.68 Å². The zero-order valence-corrected chi connectivity index (χ0v) is 11.3. The molecular weight excluding hydrogens is 278 g/mol. The molecule has 0 fully saturated rings. The zero-order chi connectivity index (χ0) is 11.8. The quantitative estimate of drug-likeness (QED) is 0.872. The molecule has 1 aliphatic heterocycles. The van der Waals surface area contributed by atoms with E-state index < -0.39 is 0 Å². The fourth-order valence-corrected chi connectivity index (χ4v) is 2.76. The molecular formula is C13H14BrN3. The number of benzene rings is 1. The Morgan fingerprint density at radius 3 is 2.76 bits per heavy atom. The van der Waals surface area contributed by atoms with Gasteiger partial charge in [-0.1, -0.05) is 29.8 Å². The van der Waals surface area contributed by atoms with Crippen molar-refractivity contribution in [1.29, 1.82) is 0 Å². The van der Waals surface area contributed by atoms with Gasteiger partial charge in [0.1, 0.15) is 11.5 Å². The summed E-state index contributed by atoms with van der Waals surface area (Å²) < 4.78 is 3.11. The highest BCUT2D eigenvalue weighted by atomic mass is 79.9. The molecule has 88 valence electrons. The molecule has 2 heterocycles. The number of nitrogens with zero attached hydrogens (tertiary/aromatic N) is 2. The Kier molecular flexibility index (Phi) is 2.67. The summed E-state index contributed by atoms with van der Waals surface area (Å²) in [6, 6.07) is 8.48. The van der Waals surface area contributed by atoms with E-state index in [1.807, 2.05) is 4.68 Å². The first-order valence-corrected chi connectivity index (χ1v) is 6.62. The predicted octanol–water partition coefficient (Wildman–Crippen LogP) is 3.44. The third kappa shape index (κ3) is 1.86. The van der Waals surface area contributed by atoms with Crippen molar-refractivity contribution in [1.82, 2.24) is 9.78 Å². The molecule has 1 aromatic heterocycles. The maximum Gasteiger partial charge on any atom is 0.139 e. The topological polar surface area (TPSA) is 29.9 Å². The predicted molar refractivity (Wildman–Crippen MR) is 73.2 cm³/mol. The molecule has 0 saturated carbocycles. The lowest BCUT2D eigenvalue weighted by Gasteiger charge is -2.15. The van der Waals surface area contributed by atoms with Gasteiger partial charge >= 0.3 is 0 Å². The first kappa shape index (κ1) is 10.8. The summed E-state index contributed by atoms with van der Waals surface area (Å²) in [4.78, 5) is 0. The van der Waals surface area contributed by atoms with E-state index in [0.717, 1.165) is 41.1 Å². The lowest BCUT2D eigenvalue weighted by Crippen LogP contribution is -2.17. The Morgan fingerprint density at radius 1 is 1.29 bits per heavy atom. The molecule has 0 spiro atoms. The maximum atomic E-state index is 4.66. The van der Waals surface area contributed by atoms with E-state index in [4.69, 9.17) is 0 Å². The van der Waals surface area contributed by atoms with Crippen LogP contribution in [0.3, 0.4) is 0 Å². The molecule has 1 N–H and O–H groups in total. The lowest BCUT2D eigenvalue weighted by molar-refractivity contribution is 0.569. The minimum Gasteiger partial charge on any atom is -0.369 e. The van der Waals surface area contributed by atoms with Gasteiger partial charge in [-0.05, 0) is 29.3 Å². The number of halogens is 1. The molecule has 2 aromatic rings. The Balaban J connectivity index is 2.09. The minimum atomic E-state index is 0.993. The molecule has 0 bridgehead atoms. The summed E-state index contributed by atoms with van der Waals surface area (Å²) in [5, 5.41) is 8.04. The van der Waals surface area contributed by atoms with Gasteiger partial charge in [0.15, 0.2) is 0 Å². The second kappa shape index (κ2) is 4.18. The van der Waals surface area contributed by atoms with Crippen LogP contribution in [0.4, 0.5) is 5.82 Å². The van der Waals surface area contributed by atoms with Gasteiger partial charge in [-0.15, -0.1) is 0 Å². The van der Waals surface area contributed by atoms with Crippen molar-refractivity contribution in [2.24, 2.45) is 0 Å². The molecule has 4 heteroatoms. The van der Waals surface area contributed by atoms with E-state index in [9.17, 15) is 0 Å². The minimum absolute atomic E-state index is 0.993. The van der Waals surface area contributed by atoms with E-state index in [-0.39, 0.29) is 0 Å². The first-order chi connectivity index (χ1) is 8.25. The Hall–Kier alpha value is -1.29. The Labute approximate surface area is 109 Å². The summed E-state index contributed by atoms with van der Waals surface area (Å²) in [6.45, 7) is 4.11. The Morgan fingerprint density at radius 2 is 2.06 bits per heavy atom. The largest absolute Gasteiger partial charge is 0.369 e. The van der Waals surface area contributed by atoms with Crippen molar-refractivity contribution in [3.8, 4) is 11.3 Å². The maximum absolute atomic E-state index is 4.66. The number of anilines is 1. The number of hydrogen-bond donors (Lipinski definition) is 1. The second-order valence-corrected chi connectivity index (χ2v) is 5.17. The summed E-state index contributed by atoms with van der Waals surface area (Å²) in [5.74, 6) is 1.10. The number of rotatable bonds is 1. The van der Waals surface area contributed by atoms with Gasteiger partial charge in [0, 0.05) is 18.7 Å². The van der Waals surface area contributed by atoms with Crippen LogP contribution in [0.15, 0.2) is 28.7 Å². The van der Waals surface area contributed by atoms with Gasteiger partial charge in [0.2, 0.25) is 0 Å². The van der Waals surface area contributed by atoms with E-state index in [1.54, 1.807) is 0 Å². The number of aryl methyl sites for hydroxylation is 2. The van der Waals surface area contributed by atoms with E-state index in [2.05, 4.69) is 57.5 Å². The number of fused-ring (bicyclic) bond motifs is 1. The lowest BCUT2D eigenvalue weighted by atomic mass is 10.1. The van der Waals surface area contributed by atoms with Crippen LogP contribution in [0, 0.1) is 6.92 Å². The molecule has 0 aliphatic carbocycles. The highest BCUT2D eigenvalue weighted by molar-refractivity contribution is 9.10. The first-order valence-electron chi connectivity index (χ1n) is 5.83. The number of nitrogens with one attached hydrogen (secondary N) is 1. The molecule has 0 atom stereocenters. The smallest absolute Gasteiger partial charge is 0.139 e. The molecule has 1 aliphatic rings. The van der Waals surface area contributed by atoms with Gasteiger partial charge < -0.3 is 5.32 Å². The average molecular weight is 292 g/mol. The number of aromatic nitrogens is 2. The summed E-state index contributed by atoms with van der Waals surface area (Å²) >= 11 is 3.65.